The van der Waals surface area contributed by atoms with Crippen LogP contribution < -0.4 is 10.6 Å². The van der Waals surface area contributed by atoms with Gasteiger partial charge in [0.25, 0.3) is 11.1 Å². The lowest BCUT2D eigenvalue weighted by Gasteiger charge is -2.16. The number of carbonyl (C=O) groups is 3. The second kappa shape index (κ2) is 8.79. The van der Waals surface area contributed by atoms with Gasteiger partial charge in [0.1, 0.15) is 0 Å². The summed E-state index contributed by atoms with van der Waals surface area (Å²) in [4.78, 5) is 39.6. The Labute approximate surface area is 173 Å². The molecule has 0 bridgehead atoms. The largest absolute Gasteiger partial charge is 0.339 e. The number of anilines is 2. The van der Waals surface area contributed by atoms with Crippen LogP contribution in [0.15, 0.2) is 35.2 Å². The van der Waals surface area contributed by atoms with Crippen LogP contribution in [-0.4, -0.2) is 36.0 Å². The van der Waals surface area contributed by atoms with Gasteiger partial charge in [-0.25, -0.2) is 0 Å². The summed E-state index contributed by atoms with van der Waals surface area (Å²) in [5, 5.41) is 6.24. The van der Waals surface area contributed by atoms with E-state index in [9.17, 15) is 14.4 Å². The summed E-state index contributed by atoms with van der Waals surface area (Å²) >= 11 is 2.28. The van der Waals surface area contributed by atoms with Crippen molar-refractivity contribution in [1.29, 1.82) is 0 Å². The Kier molecular flexibility index (Phi) is 6.90. The lowest BCUT2D eigenvalue weighted by molar-refractivity contribution is -0.123. The summed E-state index contributed by atoms with van der Waals surface area (Å²) in [6, 6.07) is 8.96. The Morgan fingerprint density at radius 1 is 1.07 bits per heavy atom. The quantitative estimate of drug-likeness (QED) is 0.679. The van der Waals surface area contributed by atoms with Gasteiger partial charge in [0.05, 0.1) is 15.6 Å². The van der Waals surface area contributed by atoms with Gasteiger partial charge in [-0.3, -0.25) is 14.4 Å². The van der Waals surface area contributed by atoms with E-state index in [0.717, 1.165) is 17.3 Å². The fourth-order valence-corrected chi connectivity index (χ4v) is 3.80. The van der Waals surface area contributed by atoms with Crippen LogP contribution in [0.3, 0.4) is 0 Å². The highest BCUT2D eigenvalue weighted by Crippen LogP contribution is 2.32. The molecule has 0 saturated heterocycles. The third-order valence-corrected chi connectivity index (χ3v) is 6.01. The van der Waals surface area contributed by atoms with Crippen molar-refractivity contribution < 1.29 is 14.4 Å². The van der Waals surface area contributed by atoms with E-state index in [1.807, 2.05) is 33.8 Å². The predicted molar refractivity (Wildman–Crippen MR) is 116 cm³/mol. The topological polar surface area (TPSA) is 78.5 Å². The molecule has 0 aliphatic rings. The fourth-order valence-electron chi connectivity index (χ4n) is 2.09. The average molecular weight is 420 g/mol. The second-order valence-corrected chi connectivity index (χ2v) is 9.58. The molecule has 8 heteroatoms. The van der Waals surface area contributed by atoms with E-state index >= 15 is 0 Å². The number of benzene rings is 1. The Morgan fingerprint density at radius 3 is 2.32 bits per heavy atom. The normalized spacial score (nSPS) is 11.1. The minimum Gasteiger partial charge on any atom is -0.339 e. The molecular formula is C20H25N3O3S2. The minimum atomic E-state index is -0.518. The summed E-state index contributed by atoms with van der Waals surface area (Å²) in [7, 11) is 3.36. The van der Waals surface area contributed by atoms with Crippen LogP contribution in [0, 0.1) is 12.3 Å². The van der Waals surface area contributed by atoms with Crippen molar-refractivity contribution in [3.8, 4) is 0 Å². The summed E-state index contributed by atoms with van der Waals surface area (Å²) < 4.78 is 0. The molecule has 1 aromatic carbocycles. The van der Waals surface area contributed by atoms with Gasteiger partial charge in [0, 0.05) is 24.4 Å². The number of hydrogen-bond acceptors (Lipinski definition) is 5. The van der Waals surface area contributed by atoms with Crippen molar-refractivity contribution in [2.24, 2.45) is 5.41 Å². The molecule has 1 heterocycles. The Bertz CT molecular complexity index is 898. The highest BCUT2D eigenvalue weighted by molar-refractivity contribution is 8.13. The molecule has 0 radical (unpaired) electrons. The zero-order chi connectivity index (χ0) is 21.1. The molecule has 28 heavy (non-hydrogen) atoms. The van der Waals surface area contributed by atoms with Gasteiger partial charge in [-0.15, -0.1) is 11.3 Å². The second-order valence-electron chi connectivity index (χ2n) is 7.54. The zero-order valence-corrected chi connectivity index (χ0v) is 18.5. The first kappa shape index (κ1) is 22.0. The van der Waals surface area contributed by atoms with Crippen molar-refractivity contribution >= 4 is 50.8 Å². The molecule has 3 amide bonds. The molecular weight excluding hydrogens is 394 g/mol. The Balaban J connectivity index is 2.18. The first-order chi connectivity index (χ1) is 13.0. The van der Waals surface area contributed by atoms with Gasteiger partial charge in [-0.05, 0) is 42.4 Å². The molecule has 2 aromatic rings. The van der Waals surface area contributed by atoms with Crippen LogP contribution in [0.25, 0.3) is 0 Å². The number of hydrogen-bond donors (Lipinski definition) is 2. The standard InChI is InChI=1S/C20H25N3O3S2/c1-12-11-15(22-18(25)20(2,3)4)28-16(12)17(24)21-13-9-7-8-10-14(13)27-19(26)23(5)6/h7-11H,1-6H3,(H,21,24)(H,22,25). The molecule has 0 saturated carbocycles. The first-order valence-electron chi connectivity index (χ1n) is 8.70. The van der Waals surface area contributed by atoms with Crippen molar-refractivity contribution in [3.63, 3.8) is 0 Å². The average Bonchev–Trinajstić information content (AvgIpc) is 2.96. The monoisotopic (exact) mass is 419 g/mol. The molecule has 0 spiro atoms. The lowest BCUT2D eigenvalue weighted by Crippen LogP contribution is -2.27. The van der Waals surface area contributed by atoms with E-state index < -0.39 is 5.41 Å². The van der Waals surface area contributed by atoms with E-state index in [-0.39, 0.29) is 17.1 Å². The molecule has 150 valence electrons. The van der Waals surface area contributed by atoms with E-state index in [2.05, 4.69) is 10.6 Å². The molecule has 0 atom stereocenters. The number of para-hydroxylation sites is 1. The number of thiophene rings is 1. The molecule has 0 unspecified atom stereocenters. The number of amides is 3. The van der Waals surface area contributed by atoms with Crippen LogP contribution in [-0.2, 0) is 4.79 Å². The highest BCUT2D eigenvalue weighted by atomic mass is 32.2. The van der Waals surface area contributed by atoms with Crippen LogP contribution in [0.5, 0.6) is 0 Å². The Hall–Kier alpha value is -2.32. The van der Waals surface area contributed by atoms with Crippen molar-refractivity contribution in [3.05, 3.63) is 40.8 Å². The lowest BCUT2D eigenvalue weighted by atomic mass is 9.96. The van der Waals surface area contributed by atoms with Crippen LogP contribution in [0.4, 0.5) is 15.5 Å². The van der Waals surface area contributed by atoms with Gasteiger partial charge < -0.3 is 15.5 Å². The third kappa shape index (κ3) is 5.59. The molecule has 6 nitrogen and oxygen atoms in total. The van der Waals surface area contributed by atoms with E-state index in [1.165, 1.54) is 16.2 Å². The first-order valence-corrected chi connectivity index (χ1v) is 10.3. The maximum absolute atomic E-state index is 12.8. The van der Waals surface area contributed by atoms with Gasteiger partial charge in [0.15, 0.2) is 0 Å². The number of nitrogens with one attached hydrogen (secondary N) is 2. The zero-order valence-electron chi connectivity index (χ0n) is 16.9. The molecule has 0 aliphatic heterocycles. The van der Waals surface area contributed by atoms with E-state index in [0.29, 0.717) is 20.5 Å². The maximum Gasteiger partial charge on any atom is 0.286 e. The molecule has 2 rings (SSSR count). The van der Waals surface area contributed by atoms with Gasteiger partial charge in [-0.1, -0.05) is 32.9 Å². The van der Waals surface area contributed by atoms with Gasteiger partial charge in [-0.2, -0.15) is 0 Å². The van der Waals surface area contributed by atoms with Crippen molar-refractivity contribution in [1.82, 2.24) is 4.90 Å². The van der Waals surface area contributed by atoms with Gasteiger partial charge in [0.2, 0.25) is 5.91 Å². The van der Waals surface area contributed by atoms with Crippen LogP contribution in [0.1, 0.15) is 36.0 Å². The molecule has 0 fully saturated rings. The summed E-state index contributed by atoms with van der Waals surface area (Å²) in [5.74, 6) is -0.381. The SMILES string of the molecule is Cc1cc(NC(=O)C(C)(C)C)sc1C(=O)Nc1ccccc1SC(=O)N(C)C. The van der Waals surface area contributed by atoms with Crippen LogP contribution >= 0.6 is 23.1 Å². The molecule has 2 N–H and O–H groups in total. The van der Waals surface area contributed by atoms with E-state index in [1.54, 1.807) is 38.4 Å². The number of carbonyl (C=O) groups excluding carboxylic acids is 3. The highest BCUT2D eigenvalue weighted by Gasteiger charge is 2.23. The summed E-state index contributed by atoms with van der Waals surface area (Å²) in [6.07, 6.45) is 0. The van der Waals surface area contributed by atoms with Crippen LogP contribution in [0.2, 0.25) is 0 Å². The summed E-state index contributed by atoms with van der Waals surface area (Å²) in [6.45, 7) is 7.33. The van der Waals surface area contributed by atoms with Crippen molar-refractivity contribution in [2.45, 2.75) is 32.6 Å². The Morgan fingerprint density at radius 2 is 1.71 bits per heavy atom. The third-order valence-electron chi connectivity index (χ3n) is 3.74. The minimum absolute atomic E-state index is 0.107. The molecule has 0 aliphatic carbocycles. The number of aryl methyl sites for hydroxylation is 1. The van der Waals surface area contributed by atoms with Crippen molar-refractivity contribution in [2.75, 3.05) is 24.7 Å². The maximum atomic E-state index is 12.8. The van der Waals surface area contributed by atoms with Gasteiger partial charge >= 0.3 is 0 Å². The number of thioether (sulfide) groups is 1. The number of rotatable bonds is 4. The molecule has 1 aromatic heterocycles. The predicted octanol–water partition coefficient (Wildman–Crippen LogP) is 5.07. The van der Waals surface area contributed by atoms with E-state index in [4.69, 9.17) is 0 Å². The smallest absolute Gasteiger partial charge is 0.286 e. The fraction of sp³-hybridized carbons (Fsp3) is 0.350. The summed E-state index contributed by atoms with van der Waals surface area (Å²) in [5.41, 5.74) is 0.831. The number of nitrogens with zero attached hydrogens (tertiary/aromatic N) is 1.